The van der Waals surface area contributed by atoms with Crippen molar-refractivity contribution in [3.8, 4) is 5.75 Å². The number of aryl methyl sites for hydroxylation is 1. The average Bonchev–Trinajstić information content (AvgIpc) is 3.16. The lowest BCUT2D eigenvalue weighted by molar-refractivity contribution is 0.0951. The molecule has 6 nitrogen and oxygen atoms in total. The summed E-state index contributed by atoms with van der Waals surface area (Å²) in [4.78, 5) is 31.2. The molecule has 0 atom stereocenters. The summed E-state index contributed by atoms with van der Waals surface area (Å²) in [6.45, 7) is 0.389. The van der Waals surface area contributed by atoms with Gasteiger partial charge in [-0.15, -0.1) is 11.3 Å². The zero-order valence-electron chi connectivity index (χ0n) is 16.7. The fourth-order valence-electron chi connectivity index (χ4n) is 3.61. The zero-order chi connectivity index (χ0) is 20.9. The summed E-state index contributed by atoms with van der Waals surface area (Å²) in [5.41, 5.74) is 3.07. The molecule has 0 saturated heterocycles. The van der Waals surface area contributed by atoms with E-state index in [0.29, 0.717) is 28.4 Å². The Bertz CT molecular complexity index is 1060. The van der Waals surface area contributed by atoms with Crippen LogP contribution in [0.1, 0.15) is 49.6 Å². The van der Waals surface area contributed by atoms with Gasteiger partial charge >= 0.3 is 0 Å². The third-order valence-electron chi connectivity index (χ3n) is 5.13. The molecule has 154 valence electrons. The molecule has 0 aliphatic heterocycles. The second-order valence-electron chi connectivity index (χ2n) is 7.15. The van der Waals surface area contributed by atoms with Crippen molar-refractivity contribution < 1.29 is 14.3 Å². The Morgan fingerprint density at radius 1 is 1.13 bits per heavy atom. The number of hydrogen-bond donors (Lipinski definition) is 2. The summed E-state index contributed by atoms with van der Waals surface area (Å²) in [6, 6.07) is 10.7. The summed E-state index contributed by atoms with van der Waals surface area (Å²) < 4.78 is 5.21. The van der Waals surface area contributed by atoms with Gasteiger partial charge in [-0.25, -0.2) is 0 Å². The number of benzene rings is 1. The van der Waals surface area contributed by atoms with Crippen molar-refractivity contribution in [1.82, 2.24) is 10.3 Å². The minimum Gasteiger partial charge on any atom is -0.497 e. The highest BCUT2D eigenvalue weighted by Gasteiger charge is 2.26. The number of ether oxygens (including phenoxy) is 1. The van der Waals surface area contributed by atoms with Crippen LogP contribution in [0.4, 0.5) is 5.00 Å². The Labute approximate surface area is 179 Å². The first-order valence-corrected chi connectivity index (χ1v) is 10.7. The molecule has 4 rings (SSSR count). The Balaban J connectivity index is 1.58. The predicted octanol–water partition coefficient (Wildman–Crippen LogP) is 4.21. The number of fused-ring (bicyclic) bond motifs is 1. The number of rotatable bonds is 6. The molecule has 2 amide bonds. The van der Waals surface area contributed by atoms with Crippen molar-refractivity contribution in [3.05, 3.63) is 75.9 Å². The molecule has 0 saturated carbocycles. The molecule has 1 aliphatic rings. The maximum atomic E-state index is 13.1. The van der Waals surface area contributed by atoms with Gasteiger partial charge < -0.3 is 15.4 Å². The molecule has 30 heavy (non-hydrogen) atoms. The minimum atomic E-state index is -0.256. The van der Waals surface area contributed by atoms with Gasteiger partial charge in [0.25, 0.3) is 11.8 Å². The number of aromatic nitrogens is 1. The van der Waals surface area contributed by atoms with Gasteiger partial charge in [0, 0.05) is 29.4 Å². The molecule has 0 bridgehead atoms. The zero-order valence-corrected chi connectivity index (χ0v) is 17.6. The Kier molecular flexibility index (Phi) is 6.09. The lowest BCUT2D eigenvalue weighted by atomic mass is 9.95. The van der Waals surface area contributed by atoms with E-state index >= 15 is 0 Å². The maximum absolute atomic E-state index is 13.1. The summed E-state index contributed by atoms with van der Waals surface area (Å²) in [5, 5.41) is 6.55. The first kappa shape index (κ1) is 20.1. The molecule has 1 aromatic carbocycles. The average molecular weight is 422 g/mol. The van der Waals surface area contributed by atoms with Crippen molar-refractivity contribution >= 4 is 28.2 Å². The van der Waals surface area contributed by atoms with Crippen LogP contribution in [0.2, 0.25) is 0 Å². The van der Waals surface area contributed by atoms with Gasteiger partial charge in [0.05, 0.1) is 12.7 Å². The monoisotopic (exact) mass is 421 g/mol. The maximum Gasteiger partial charge on any atom is 0.256 e. The number of carbonyl (C=O) groups excluding carboxylic acids is 2. The molecule has 0 fully saturated rings. The van der Waals surface area contributed by atoms with Crippen molar-refractivity contribution in [3.63, 3.8) is 0 Å². The third-order valence-corrected chi connectivity index (χ3v) is 6.34. The first-order chi connectivity index (χ1) is 14.7. The third kappa shape index (κ3) is 4.36. The standard InChI is InChI=1S/C23H23N3O3S/c1-29-17-8-4-7-16(12-17)21(27)26-23-20(18-9-2-3-10-19(18)30-23)22(28)25-14-15-6-5-11-24-13-15/h4-8,11-13H,2-3,9-10,14H2,1H3,(H,25,28)(H,26,27). The minimum absolute atomic E-state index is 0.167. The number of hydrogen-bond acceptors (Lipinski definition) is 5. The van der Waals surface area contributed by atoms with E-state index < -0.39 is 0 Å². The van der Waals surface area contributed by atoms with Crippen LogP contribution in [0.15, 0.2) is 48.8 Å². The smallest absolute Gasteiger partial charge is 0.256 e. The quantitative estimate of drug-likeness (QED) is 0.625. The number of nitrogens with zero attached hydrogens (tertiary/aromatic N) is 1. The second kappa shape index (κ2) is 9.09. The van der Waals surface area contributed by atoms with Crippen LogP contribution in [-0.2, 0) is 19.4 Å². The largest absolute Gasteiger partial charge is 0.497 e. The van der Waals surface area contributed by atoms with Crippen LogP contribution >= 0.6 is 11.3 Å². The molecule has 0 spiro atoms. The SMILES string of the molecule is COc1cccc(C(=O)Nc2sc3c(c2C(=O)NCc2cccnc2)CCCC3)c1. The summed E-state index contributed by atoms with van der Waals surface area (Å²) in [5.74, 6) is 0.190. The number of carbonyl (C=O) groups is 2. The molecular weight excluding hydrogens is 398 g/mol. The van der Waals surface area contributed by atoms with E-state index in [9.17, 15) is 9.59 Å². The van der Waals surface area contributed by atoms with Crippen LogP contribution < -0.4 is 15.4 Å². The highest BCUT2D eigenvalue weighted by atomic mass is 32.1. The normalized spacial score (nSPS) is 12.7. The van der Waals surface area contributed by atoms with Crippen molar-refractivity contribution in [2.24, 2.45) is 0 Å². The predicted molar refractivity (Wildman–Crippen MR) is 117 cm³/mol. The van der Waals surface area contributed by atoms with Crippen molar-refractivity contribution in [2.75, 3.05) is 12.4 Å². The van der Waals surface area contributed by atoms with Gasteiger partial charge in [-0.3, -0.25) is 14.6 Å². The molecule has 2 heterocycles. The van der Waals surface area contributed by atoms with Gasteiger partial charge in [-0.1, -0.05) is 12.1 Å². The Morgan fingerprint density at radius 2 is 2.00 bits per heavy atom. The van der Waals surface area contributed by atoms with Gasteiger partial charge in [0.15, 0.2) is 0 Å². The Morgan fingerprint density at radius 3 is 2.80 bits per heavy atom. The number of nitrogens with one attached hydrogen (secondary N) is 2. The van der Waals surface area contributed by atoms with Gasteiger partial charge in [0.2, 0.25) is 0 Å². The highest BCUT2D eigenvalue weighted by Crippen LogP contribution is 2.38. The van der Waals surface area contributed by atoms with Crippen LogP contribution in [0.5, 0.6) is 5.75 Å². The van der Waals surface area contributed by atoms with Crippen LogP contribution in [0.25, 0.3) is 0 Å². The van der Waals surface area contributed by atoms with E-state index in [4.69, 9.17) is 4.74 Å². The van der Waals surface area contributed by atoms with Gasteiger partial charge in [0.1, 0.15) is 10.8 Å². The number of thiophene rings is 1. The van der Waals surface area contributed by atoms with E-state index in [2.05, 4.69) is 15.6 Å². The highest BCUT2D eigenvalue weighted by molar-refractivity contribution is 7.17. The fourth-order valence-corrected chi connectivity index (χ4v) is 4.89. The molecule has 3 aromatic rings. The van der Waals surface area contributed by atoms with Crippen molar-refractivity contribution in [1.29, 1.82) is 0 Å². The van der Waals surface area contributed by atoms with Gasteiger partial charge in [-0.2, -0.15) is 0 Å². The lowest BCUT2D eigenvalue weighted by Crippen LogP contribution is -2.25. The number of anilines is 1. The Hall–Kier alpha value is -3.19. The molecule has 0 unspecified atom stereocenters. The van der Waals surface area contributed by atoms with Crippen molar-refractivity contribution in [2.45, 2.75) is 32.2 Å². The molecule has 2 aromatic heterocycles. The van der Waals surface area contributed by atoms with Gasteiger partial charge in [-0.05, 0) is 61.1 Å². The molecular formula is C23H23N3O3S. The second-order valence-corrected chi connectivity index (χ2v) is 8.25. The summed E-state index contributed by atoms with van der Waals surface area (Å²) in [7, 11) is 1.56. The van der Waals surface area contributed by atoms with Crippen LogP contribution in [0.3, 0.4) is 0 Å². The molecule has 7 heteroatoms. The van der Waals surface area contributed by atoms with E-state index in [1.165, 1.54) is 16.2 Å². The fraction of sp³-hybridized carbons (Fsp3) is 0.261. The summed E-state index contributed by atoms with van der Waals surface area (Å²) in [6.07, 6.45) is 7.39. The number of methoxy groups -OCH3 is 1. The lowest BCUT2D eigenvalue weighted by Gasteiger charge is -2.13. The topological polar surface area (TPSA) is 80.3 Å². The van der Waals surface area contributed by atoms with E-state index in [1.54, 1.807) is 43.8 Å². The van der Waals surface area contributed by atoms with Crippen LogP contribution in [0, 0.1) is 0 Å². The molecule has 1 aliphatic carbocycles. The molecule has 0 radical (unpaired) electrons. The van der Waals surface area contributed by atoms with E-state index in [1.807, 2.05) is 12.1 Å². The van der Waals surface area contributed by atoms with Crippen LogP contribution in [-0.4, -0.2) is 23.9 Å². The number of amides is 2. The van der Waals surface area contributed by atoms with E-state index in [0.717, 1.165) is 36.8 Å². The first-order valence-electron chi connectivity index (χ1n) is 9.92. The summed E-state index contributed by atoms with van der Waals surface area (Å²) >= 11 is 1.51. The molecule has 2 N–H and O–H groups in total. The van der Waals surface area contributed by atoms with E-state index in [-0.39, 0.29) is 11.8 Å². The number of pyridine rings is 1.